The molecule has 0 aliphatic carbocycles. The standard InChI is InChI=1S/C10H14N2O.C9H11NO4S/c1-5-11-6-2-9(1)13-10-3-7-12-8-4-10;1-13-5-3-4-6(15)7(8(5)14-2)9(11)10-12/h1-2,5-6,10,12H,3-4,7-8H2;3-4,12,15H,1-2H3,(H,10,11). The fraction of sp³-hybridized carbons (Fsp3) is 0.368. The highest BCUT2D eigenvalue weighted by molar-refractivity contribution is 7.80. The number of rotatable bonds is 5. The molecule has 1 aliphatic heterocycles. The lowest BCUT2D eigenvalue weighted by atomic mass is 10.1. The maximum absolute atomic E-state index is 11.3. The van der Waals surface area contributed by atoms with Crippen LogP contribution in [0.5, 0.6) is 17.2 Å². The molecule has 0 unspecified atom stereocenters. The summed E-state index contributed by atoms with van der Waals surface area (Å²) < 4.78 is 15.8. The zero-order valence-corrected chi connectivity index (χ0v) is 16.7. The topological polar surface area (TPSA) is 102 Å². The van der Waals surface area contributed by atoms with Gasteiger partial charge in [0, 0.05) is 17.3 Å². The Morgan fingerprint density at radius 2 is 1.86 bits per heavy atom. The maximum Gasteiger partial charge on any atom is 0.279 e. The van der Waals surface area contributed by atoms with Crippen LogP contribution in [-0.2, 0) is 0 Å². The zero-order chi connectivity index (χ0) is 20.4. The van der Waals surface area contributed by atoms with Gasteiger partial charge in [-0.1, -0.05) is 0 Å². The first kappa shape index (κ1) is 21.8. The van der Waals surface area contributed by atoms with Crippen molar-refractivity contribution >= 4 is 18.5 Å². The highest BCUT2D eigenvalue weighted by atomic mass is 32.1. The molecule has 0 radical (unpaired) electrons. The van der Waals surface area contributed by atoms with Crippen molar-refractivity contribution in [2.75, 3.05) is 27.3 Å². The van der Waals surface area contributed by atoms with Crippen molar-refractivity contribution in [1.29, 1.82) is 0 Å². The molecule has 2 aromatic rings. The molecule has 2 heterocycles. The molecular formula is C19H25N3O5S. The lowest BCUT2D eigenvalue weighted by Crippen LogP contribution is -2.34. The van der Waals surface area contributed by atoms with E-state index in [-0.39, 0.29) is 11.3 Å². The number of ether oxygens (including phenoxy) is 3. The lowest BCUT2D eigenvalue weighted by molar-refractivity contribution is 0.0699. The third-order valence-corrected chi connectivity index (χ3v) is 4.46. The van der Waals surface area contributed by atoms with Crippen LogP contribution in [0, 0.1) is 0 Å². The van der Waals surface area contributed by atoms with E-state index in [2.05, 4.69) is 22.9 Å². The van der Waals surface area contributed by atoms with Crippen molar-refractivity contribution in [2.45, 2.75) is 23.8 Å². The summed E-state index contributed by atoms with van der Waals surface area (Å²) in [6, 6.07) is 7.01. The SMILES string of the molecule is COc1ccc(S)c(C(=O)NO)c1OC.c1cc(OC2CCNCC2)ccn1. The fourth-order valence-corrected chi connectivity index (χ4v) is 2.99. The molecule has 3 rings (SSSR count). The van der Waals surface area contributed by atoms with E-state index in [4.69, 9.17) is 19.4 Å². The molecule has 1 aromatic carbocycles. The number of hydrogen-bond donors (Lipinski definition) is 4. The van der Waals surface area contributed by atoms with Gasteiger partial charge in [-0.05, 0) is 50.2 Å². The van der Waals surface area contributed by atoms with Gasteiger partial charge in [0.05, 0.1) is 14.2 Å². The van der Waals surface area contributed by atoms with Gasteiger partial charge in [0.2, 0.25) is 0 Å². The molecule has 0 saturated carbocycles. The highest BCUT2D eigenvalue weighted by Crippen LogP contribution is 2.34. The molecule has 28 heavy (non-hydrogen) atoms. The Morgan fingerprint density at radius 3 is 2.43 bits per heavy atom. The Kier molecular flexibility index (Phi) is 8.86. The third-order valence-electron chi connectivity index (χ3n) is 4.09. The molecule has 1 aliphatic rings. The molecule has 8 nitrogen and oxygen atoms in total. The Morgan fingerprint density at radius 1 is 1.18 bits per heavy atom. The number of hydroxylamine groups is 1. The van der Waals surface area contributed by atoms with Gasteiger partial charge in [0.1, 0.15) is 17.4 Å². The number of nitrogens with one attached hydrogen (secondary N) is 2. The quantitative estimate of drug-likeness (QED) is 0.343. The lowest BCUT2D eigenvalue weighted by Gasteiger charge is -2.23. The van der Waals surface area contributed by atoms with Gasteiger partial charge >= 0.3 is 0 Å². The first-order chi connectivity index (χ1) is 13.6. The van der Waals surface area contributed by atoms with E-state index in [1.54, 1.807) is 24.5 Å². The second-order valence-electron chi connectivity index (χ2n) is 5.89. The number of carbonyl (C=O) groups is 1. The van der Waals surface area contributed by atoms with Gasteiger partial charge in [-0.3, -0.25) is 15.0 Å². The second kappa shape index (κ2) is 11.4. The molecule has 1 aromatic heterocycles. The van der Waals surface area contributed by atoms with Crippen LogP contribution in [0.15, 0.2) is 41.6 Å². The summed E-state index contributed by atoms with van der Waals surface area (Å²) in [5.74, 6) is 0.864. The van der Waals surface area contributed by atoms with Crippen LogP contribution >= 0.6 is 12.6 Å². The number of amides is 1. The molecule has 0 bridgehead atoms. The number of hydrogen-bond acceptors (Lipinski definition) is 8. The number of nitrogens with zero attached hydrogens (tertiary/aromatic N) is 1. The predicted octanol–water partition coefficient (Wildman–Crippen LogP) is 2.32. The van der Waals surface area contributed by atoms with E-state index in [1.165, 1.54) is 19.7 Å². The summed E-state index contributed by atoms with van der Waals surface area (Å²) in [6.07, 6.45) is 6.10. The summed E-state index contributed by atoms with van der Waals surface area (Å²) >= 11 is 4.09. The Labute approximate surface area is 169 Å². The normalized spacial score (nSPS) is 13.7. The number of benzene rings is 1. The number of pyridine rings is 1. The molecular weight excluding hydrogens is 382 g/mol. The van der Waals surface area contributed by atoms with Crippen molar-refractivity contribution in [3.63, 3.8) is 0 Å². The van der Waals surface area contributed by atoms with E-state index in [0.29, 0.717) is 16.7 Å². The molecule has 1 fully saturated rings. The van der Waals surface area contributed by atoms with Crippen LogP contribution in [0.2, 0.25) is 0 Å². The molecule has 0 atom stereocenters. The summed E-state index contributed by atoms with van der Waals surface area (Å²) in [6.45, 7) is 2.13. The van der Waals surface area contributed by atoms with Gasteiger partial charge in [0.25, 0.3) is 5.91 Å². The molecule has 0 spiro atoms. The van der Waals surface area contributed by atoms with Gasteiger partial charge in [-0.2, -0.15) is 0 Å². The predicted molar refractivity (Wildman–Crippen MR) is 107 cm³/mol. The van der Waals surface area contributed by atoms with E-state index in [9.17, 15) is 4.79 Å². The van der Waals surface area contributed by atoms with Gasteiger partial charge < -0.3 is 19.5 Å². The van der Waals surface area contributed by atoms with Crippen LogP contribution in [-0.4, -0.2) is 49.5 Å². The van der Waals surface area contributed by atoms with Crippen LogP contribution in [0.1, 0.15) is 23.2 Å². The zero-order valence-electron chi connectivity index (χ0n) is 15.8. The summed E-state index contributed by atoms with van der Waals surface area (Å²) in [4.78, 5) is 15.7. The van der Waals surface area contributed by atoms with Crippen LogP contribution in [0.4, 0.5) is 0 Å². The molecule has 152 valence electrons. The van der Waals surface area contributed by atoms with Crippen LogP contribution < -0.4 is 25.0 Å². The Hall–Kier alpha value is -2.49. The molecule has 3 N–H and O–H groups in total. The van der Waals surface area contributed by atoms with Crippen molar-refractivity contribution in [2.24, 2.45) is 0 Å². The first-order valence-electron chi connectivity index (χ1n) is 8.76. The second-order valence-corrected chi connectivity index (χ2v) is 6.37. The van der Waals surface area contributed by atoms with Crippen LogP contribution in [0.25, 0.3) is 0 Å². The summed E-state index contributed by atoms with van der Waals surface area (Å²) in [5.41, 5.74) is 1.65. The Bertz CT molecular complexity index is 755. The number of piperidine rings is 1. The minimum atomic E-state index is -0.698. The summed E-state index contributed by atoms with van der Waals surface area (Å²) in [5, 5.41) is 11.9. The van der Waals surface area contributed by atoms with Crippen LogP contribution in [0.3, 0.4) is 0 Å². The molecule has 9 heteroatoms. The average Bonchev–Trinajstić information content (AvgIpc) is 2.74. The first-order valence-corrected chi connectivity index (χ1v) is 9.21. The van der Waals surface area contributed by atoms with E-state index in [0.717, 1.165) is 31.7 Å². The van der Waals surface area contributed by atoms with Crippen molar-refractivity contribution < 1.29 is 24.2 Å². The summed E-state index contributed by atoms with van der Waals surface area (Å²) in [7, 11) is 2.86. The third kappa shape index (κ3) is 6.01. The monoisotopic (exact) mass is 407 g/mol. The molecule has 1 saturated heterocycles. The number of aromatic nitrogens is 1. The van der Waals surface area contributed by atoms with E-state index >= 15 is 0 Å². The van der Waals surface area contributed by atoms with Crippen molar-refractivity contribution in [3.05, 3.63) is 42.2 Å². The average molecular weight is 407 g/mol. The van der Waals surface area contributed by atoms with Crippen molar-refractivity contribution in [3.8, 4) is 17.2 Å². The minimum Gasteiger partial charge on any atom is -0.493 e. The van der Waals surface area contributed by atoms with Crippen molar-refractivity contribution in [1.82, 2.24) is 15.8 Å². The van der Waals surface area contributed by atoms with E-state index in [1.807, 2.05) is 12.1 Å². The van der Waals surface area contributed by atoms with Gasteiger partial charge in [-0.25, -0.2) is 5.48 Å². The van der Waals surface area contributed by atoms with Gasteiger partial charge in [0.15, 0.2) is 11.5 Å². The number of thiol groups is 1. The molecule has 1 amide bonds. The highest BCUT2D eigenvalue weighted by Gasteiger charge is 2.19. The largest absolute Gasteiger partial charge is 0.493 e. The smallest absolute Gasteiger partial charge is 0.279 e. The van der Waals surface area contributed by atoms with Gasteiger partial charge in [-0.15, -0.1) is 12.6 Å². The maximum atomic E-state index is 11.3. The number of carbonyl (C=O) groups excluding carboxylic acids is 1. The number of methoxy groups -OCH3 is 2. The Balaban J connectivity index is 0.000000202. The van der Waals surface area contributed by atoms with E-state index < -0.39 is 5.91 Å². The minimum absolute atomic E-state index is 0.127. The fourth-order valence-electron chi connectivity index (χ4n) is 2.71.